The third kappa shape index (κ3) is 6.09. The maximum Gasteiger partial charge on any atom is 0.429 e. The Balaban J connectivity index is 1.91. The molecule has 0 saturated carbocycles. The number of carbonyl (C=O) groups is 1. The van der Waals surface area contributed by atoms with Crippen molar-refractivity contribution in [1.29, 1.82) is 0 Å². The number of anilines is 1. The van der Waals surface area contributed by atoms with Crippen molar-refractivity contribution in [2.75, 3.05) is 11.9 Å². The van der Waals surface area contributed by atoms with Gasteiger partial charge >= 0.3 is 12.4 Å². The van der Waals surface area contributed by atoms with Crippen LogP contribution >= 0.6 is 0 Å². The summed E-state index contributed by atoms with van der Waals surface area (Å²) in [5.41, 5.74) is -4.43. The predicted octanol–water partition coefficient (Wildman–Crippen LogP) is 5.97. The molecule has 11 heteroatoms. The third-order valence-corrected chi connectivity index (χ3v) is 7.03. The van der Waals surface area contributed by atoms with Gasteiger partial charge in [0.2, 0.25) is 5.91 Å². The van der Waals surface area contributed by atoms with Gasteiger partial charge in [0, 0.05) is 18.7 Å². The van der Waals surface area contributed by atoms with Gasteiger partial charge in [-0.05, 0) is 48.5 Å². The number of ether oxygens (including phenoxy) is 1. The molecule has 3 aromatic rings. The summed E-state index contributed by atoms with van der Waals surface area (Å²) >= 11 is 0. The van der Waals surface area contributed by atoms with E-state index in [-0.39, 0.29) is 11.7 Å². The maximum atomic E-state index is 12.9. The second-order valence-electron chi connectivity index (χ2n) is 7.44. The molecule has 4 nitrogen and oxygen atoms in total. The van der Waals surface area contributed by atoms with Crippen LogP contribution in [-0.4, -0.2) is 35.6 Å². The topological polar surface area (TPSA) is 58.6 Å². The normalized spacial score (nSPS) is 13.3. The molecule has 35 heavy (non-hydrogen) atoms. The molecule has 1 unspecified atom stereocenters. The molecule has 2 N–H and O–H groups in total. The monoisotopic (exact) mass is 516 g/mol. The third-order valence-electron chi connectivity index (χ3n) is 4.81. The summed E-state index contributed by atoms with van der Waals surface area (Å²) in [7, 11) is -0.713. The predicted molar refractivity (Wildman–Crippen MR) is 118 cm³/mol. The number of hydrogen-bond donors (Lipinski definition) is 2. The highest BCUT2D eigenvalue weighted by atomic mass is 32.2. The van der Waals surface area contributed by atoms with Crippen LogP contribution in [0.5, 0.6) is 5.75 Å². The van der Waals surface area contributed by atoms with Gasteiger partial charge in [-0.1, -0.05) is 24.3 Å². The van der Waals surface area contributed by atoms with Gasteiger partial charge in [-0.3, -0.25) is 4.79 Å². The zero-order chi connectivity index (χ0) is 25.9. The lowest BCUT2D eigenvalue weighted by Gasteiger charge is -2.31. The molecule has 0 heterocycles. The average molecular weight is 516 g/mol. The molecule has 0 fully saturated rings. The van der Waals surface area contributed by atoms with Crippen molar-refractivity contribution < 1.29 is 41.0 Å². The first kappa shape index (κ1) is 26.4. The minimum Gasteiger partial charge on any atom is -0.490 e. The molecule has 3 rings (SSSR count). The molecule has 3 aromatic carbocycles. The van der Waals surface area contributed by atoms with E-state index in [0.29, 0.717) is 10.6 Å². The number of rotatable bonds is 7. The molecule has 0 radical (unpaired) electrons. The number of nitrogens with one attached hydrogen (secondary N) is 1. The Morgan fingerprint density at radius 2 is 1.37 bits per heavy atom. The average Bonchev–Trinajstić information content (AvgIpc) is 2.77. The first-order valence-electron chi connectivity index (χ1n) is 10.1. The van der Waals surface area contributed by atoms with E-state index < -0.39 is 35.5 Å². The molecule has 0 aromatic heterocycles. The molecule has 186 valence electrons. The second kappa shape index (κ2) is 10.2. The molecule has 0 spiro atoms. The summed E-state index contributed by atoms with van der Waals surface area (Å²) in [4.78, 5) is 13.9. The standard InChI is InChI=1S/C24H19F6NO3S/c1-16(32)31-17-6-5-9-21(14-17)35(19-7-3-2-4-8-19)20-12-10-18(11-13-20)34-15-22(33,23(25,26)27)24(28,29)30/h2-14,33H,15H2,1H3/p+1. The minimum atomic E-state index is -5.97. The number of aliphatic hydroxyl groups is 1. The van der Waals surface area contributed by atoms with E-state index in [1.165, 1.54) is 31.2 Å². The number of halogens is 6. The lowest BCUT2D eigenvalue weighted by molar-refractivity contribution is -0.373. The SMILES string of the molecule is CC(=O)Nc1cccc([S+](c2ccccc2)c2ccc(OCC(O)(C(F)(F)F)C(F)(F)F)cc2)c1. The van der Waals surface area contributed by atoms with E-state index >= 15 is 0 Å². The van der Waals surface area contributed by atoms with Crippen LogP contribution < -0.4 is 10.1 Å². The summed E-state index contributed by atoms with van der Waals surface area (Å²) in [6, 6.07) is 21.9. The number of benzene rings is 3. The Bertz CT molecular complexity index is 1140. The number of alkyl halides is 6. The highest BCUT2D eigenvalue weighted by Crippen LogP contribution is 2.43. The van der Waals surface area contributed by atoms with E-state index in [9.17, 15) is 36.2 Å². The fourth-order valence-electron chi connectivity index (χ4n) is 3.05. The van der Waals surface area contributed by atoms with Crippen molar-refractivity contribution in [3.05, 3.63) is 78.9 Å². The van der Waals surface area contributed by atoms with Crippen molar-refractivity contribution in [2.24, 2.45) is 0 Å². The molecule has 1 amide bonds. The van der Waals surface area contributed by atoms with Gasteiger partial charge in [0.05, 0.1) is 10.9 Å². The van der Waals surface area contributed by atoms with Crippen molar-refractivity contribution >= 4 is 22.5 Å². The molecule has 0 saturated heterocycles. The summed E-state index contributed by atoms with van der Waals surface area (Å²) in [6.45, 7) is -0.663. The lowest BCUT2D eigenvalue weighted by atomic mass is 10.0. The highest BCUT2D eigenvalue weighted by Gasteiger charge is 2.71. The Labute approximate surface area is 199 Å². The quantitative estimate of drug-likeness (QED) is 0.300. The van der Waals surface area contributed by atoms with Gasteiger partial charge in [0.15, 0.2) is 14.7 Å². The van der Waals surface area contributed by atoms with Gasteiger partial charge in [0.25, 0.3) is 5.60 Å². The second-order valence-corrected chi connectivity index (χ2v) is 9.47. The maximum absolute atomic E-state index is 12.9. The zero-order valence-corrected chi connectivity index (χ0v) is 19.0. The van der Waals surface area contributed by atoms with Gasteiger partial charge in [0.1, 0.15) is 12.4 Å². The number of carbonyl (C=O) groups excluding carboxylic acids is 1. The Morgan fingerprint density at radius 3 is 1.91 bits per heavy atom. The van der Waals surface area contributed by atoms with Crippen molar-refractivity contribution in [1.82, 2.24) is 0 Å². The molecule has 0 aliphatic rings. The van der Waals surface area contributed by atoms with E-state index in [2.05, 4.69) is 5.32 Å². The van der Waals surface area contributed by atoms with Crippen molar-refractivity contribution in [3.63, 3.8) is 0 Å². The zero-order valence-electron chi connectivity index (χ0n) is 18.2. The largest absolute Gasteiger partial charge is 0.490 e. The summed E-state index contributed by atoms with van der Waals surface area (Å²) in [5, 5.41) is 12.0. The molecular formula is C24H20F6NO3S+. The number of hydrogen-bond acceptors (Lipinski definition) is 3. The van der Waals surface area contributed by atoms with Crippen molar-refractivity contribution in [2.45, 2.75) is 39.6 Å². The fraction of sp³-hybridized carbons (Fsp3) is 0.208. The summed E-state index contributed by atoms with van der Waals surface area (Å²) in [6.07, 6.45) is -11.9. The highest BCUT2D eigenvalue weighted by molar-refractivity contribution is 7.97. The minimum absolute atomic E-state index is 0.249. The van der Waals surface area contributed by atoms with Gasteiger partial charge in [-0.15, -0.1) is 0 Å². The Hall–Kier alpha value is -3.18. The first-order chi connectivity index (χ1) is 16.3. The van der Waals surface area contributed by atoms with Gasteiger partial charge in [-0.2, -0.15) is 26.3 Å². The molecule has 0 bridgehead atoms. The molecule has 0 aliphatic heterocycles. The Kier molecular flexibility index (Phi) is 7.71. The molecule has 1 atom stereocenters. The van der Waals surface area contributed by atoms with Crippen LogP contribution in [0.25, 0.3) is 0 Å². The van der Waals surface area contributed by atoms with E-state index in [0.717, 1.165) is 9.79 Å². The smallest absolute Gasteiger partial charge is 0.429 e. The first-order valence-corrected chi connectivity index (χ1v) is 11.3. The summed E-state index contributed by atoms with van der Waals surface area (Å²) < 4.78 is 82.0. The van der Waals surface area contributed by atoms with Crippen LogP contribution in [0, 0.1) is 0 Å². The molecular weight excluding hydrogens is 496 g/mol. The van der Waals surface area contributed by atoms with Crippen LogP contribution in [0.4, 0.5) is 32.0 Å². The van der Waals surface area contributed by atoms with Crippen LogP contribution in [-0.2, 0) is 15.7 Å². The van der Waals surface area contributed by atoms with Crippen LogP contribution in [0.2, 0.25) is 0 Å². The molecule has 0 aliphatic carbocycles. The van der Waals surface area contributed by atoms with Gasteiger partial charge < -0.3 is 15.2 Å². The van der Waals surface area contributed by atoms with Crippen LogP contribution in [0.15, 0.2) is 93.5 Å². The van der Waals surface area contributed by atoms with Crippen molar-refractivity contribution in [3.8, 4) is 5.75 Å². The van der Waals surface area contributed by atoms with E-state index in [4.69, 9.17) is 4.74 Å². The Morgan fingerprint density at radius 1 is 0.829 bits per heavy atom. The van der Waals surface area contributed by atoms with Gasteiger partial charge in [-0.25, -0.2) is 0 Å². The number of amides is 1. The fourth-order valence-corrected chi connectivity index (χ4v) is 5.17. The van der Waals surface area contributed by atoms with E-state index in [1.807, 2.05) is 36.4 Å². The van der Waals surface area contributed by atoms with Crippen LogP contribution in [0.3, 0.4) is 0 Å². The summed E-state index contributed by atoms with van der Waals surface area (Å²) in [5.74, 6) is -0.523. The van der Waals surface area contributed by atoms with Crippen LogP contribution in [0.1, 0.15) is 6.92 Å². The lowest BCUT2D eigenvalue weighted by Crippen LogP contribution is -2.60. The van der Waals surface area contributed by atoms with E-state index in [1.54, 1.807) is 18.2 Å².